The molecule has 0 atom stereocenters. The van der Waals surface area contributed by atoms with Gasteiger partial charge in [0.1, 0.15) is 0 Å². The van der Waals surface area contributed by atoms with Crippen LogP contribution in [-0.2, 0) is 0 Å². The van der Waals surface area contributed by atoms with Crippen molar-refractivity contribution in [1.82, 2.24) is 0 Å². The van der Waals surface area contributed by atoms with E-state index in [4.69, 9.17) is 5.11 Å². The minimum Gasteiger partial charge on any atom is -0.393 e. The standard InChI is InChI=1S/C7H14O.U/c1-6-2-4-7(8)5-3-6;/h6-8H,2-5H2,1H3;. The molecule has 0 aromatic heterocycles. The fourth-order valence-corrected chi connectivity index (χ4v) is 1.24. The summed E-state index contributed by atoms with van der Waals surface area (Å²) in [4.78, 5) is 0. The average Bonchev–Trinajstić information content (AvgIpc) is 1.77. The summed E-state index contributed by atoms with van der Waals surface area (Å²) in [5.41, 5.74) is 0. The Kier molecular flexibility index (Phi) is 5.31. The Hall–Kier alpha value is 1.01. The average molecular weight is 352 g/mol. The van der Waals surface area contributed by atoms with Crippen molar-refractivity contribution in [3.63, 3.8) is 0 Å². The third-order valence-electron chi connectivity index (χ3n) is 1.99. The molecule has 1 saturated carbocycles. The molecule has 0 aromatic carbocycles. The van der Waals surface area contributed by atoms with Crippen LogP contribution >= 0.6 is 0 Å². The Labute approximate surface area is 80.6 Å². The molecular formula is C7H14OU. The van der Waals surface area contributed by atoms with E-state index >= 15 is 0 Å². The van der Waals surface area contributed by atoms with E-state index in [1.807, 2.05) is 0 Å². The molecule has 0 heterocycles. The van der Waals surface area contributed by atoms with Gasteiger partial charge < -0.3 is 5.11 Å². The Bertz CT molecular complexity index is 57.3. The maximum atomic E-state index is 9.03. The van der Waals surface area contributed by atoms with Crippen molar-refractivity contribution in [1.29, 1.82) is 0 Å². The van der Waals surface area contributed by atoms with E-state index in [0.29, 0.717) is 0 Å². The topological polar surface area (TPSA) is 20.2 Å². The second-order valence-electron chi connectivity index (χ2n) is 2.91. The van der Waals surface area contributed by atoms with E-state index < -0.39 is 0 Å². The van der Waals surface area contributed by atoms with E-state index in [2.05, 4.69) is 6.92 Å². The van der Waals surface area contributed by atoms with Gasteiger partial charge >= 0.3 is 0 Å². The van der Waals surface area contributed by atoms with Crippen LogP contribution in [0.3, 0.4) is 0 Å². The van der Waals surface area contributed by atoms with Crippen molar-refractivity contribution < 1.29 is 36.2 Å². The van der Waals surface area contributed by atoms with Gasteiger partial charge in [0, 0.05) is 31.1 Å². The molecule has 1 nitrogen and oxygen atoms in total. The van der Waals surface area contributed by atoms with Crippen LogP contribution in [0.5, 0.6) is 0 Å². The molecule has 52 valence electrons. The predicted octanol–water partition coefficient (Wildman–Crippen LogP) is 1.56. The number of aliphatic hydroxyl groups is 1. The van der Waals surface area contributed by atoms with Gasteiger partial charge in [-0.15, -0.1) is 0 Å². The molecule has 0 saturated heterocycles. The quantitative estimate of drug-likeness (QED) is 0.702. The molecule has 1 aliphatic rings. The van der Waals surface area contributed by atoms with Gasteiger partial charge in [0.25, 0.3) is 0 Å². The third kappa shape index (κ3) is 3.65. The van der Waals surface area contributed by atoms with Gasteiger partial charge in [0.05, 0.1) is 6.10 Å². The van der Waals surface area contributed by atoms with E-state index in [1.54, 1.807) is 0 Å². The molecule has 1 aliphatic carbocycles. The van der Waals surface area contributed by atoms with Crippen molar-refractivity contribution in [2.45, 2.75) is 38.7 Å². The molecule has 0 aromatic rings. The van der Waals surface area contributed by atoms with Crippen LogP contribution in [0.4, 0.5) is 0 Å². The van der Waals surface area contributed by atoms with Gasteiger partial charge in [-0.05, 0) is 31.6 Å². The first-order valence-electron chi connectivity index (χ1n) is 3.47. The molecule has 9 heavy (non-hydrogen) atoms. The minimum absolute atomic E-state index is 0. The maximum Gasteiger partial charge on any atom is 0.0540 e. The fourth-order valence-electron chi connectivity index (χ4n) is 1.24. The molecule has 0 radical (unpaired) electrons. The molecule has 1 rings (SSSR count). The monoisotopic (exact) mass is 352 g/mol. The van der Waals surface area contributed by atoms with Crippen molar-refractivity contribution >= 4 is 0 Å². The Morgan fingerprint density at radius 3 is 1.89 bits per heavy atom. The summed E-state index contributed by atoms with van der Waals surface area (Å²) in [5, 5.41) is 9.03. The summed E-state index contributed by atoms with van der Waals surface area (Å²) >= 11 is 0. The zero-order chi connectivity index (χ0) is 5.98. The summed E-state index contributed by atoms with van der Waals surface area (Å²) in [7, 11) is 0. The number of hydrogen-bond donors (Lipinski definition) is 1. The summed E-state index contributed by atoms with van der Waals surface area (Å²) < 4.78 is 0. The molecule has 0 unspecified atom stereocenters. The second-order valence-corrected chi connectivity index (χ2v) is 2.91. The van der Waals surface area contributed by atoms with E-state index in [0.717, 1.165) is 18.8 Å². The summed E-state index contributed by atoms with van der Waals surface area (Å²) in [5.74, 6) is 0.860. The number of aliphatic hydroxyl groups excluding tert-OH is 1. The van der Waals surface area contributed by atoms with Crippen LogP contribution < -0.4 is 0 Å². The first kappa shape index (κ1) is 10.0. The van der Waals surface area contributed by atoms with Crippen LogP contribution in [0.2, 0.25) is 0 Å². The molecule has 1 N–H and O–H groups in total. The fraction of sp³-hybridized carbons (Fsp3) is 1.00. The van der Waals surface area contributed by atoms with E-state index in [-0.39, 0.29) is 37.2 Å². The Balaban J connectivity index is 0.000000640. The van der Waals surface area contributed by atoms with E-state index in [1.165, 1.54) is 12.8 Å². The second kappa shape index (κ2) is 4.77. The minimum atomic E-state index is 0. The van der Waals surface area contributed by atoms with Gasteiger partial charge in [-0.1, -0.05) is 6.92 Å². The van der Waals surface area contributed by atoms with Gasteiger partial charge in [0.15, 0.2) is 0 Å². The third-order valence-corrected chi connectivity index (χ3v) is 1.99. The van der Waals surface area contributed by atoms with Crippen LogP contribution in [-0.4, -0.2) is 11.2 Å². The normalized spacial score (nSPS) is 35.3. The molecule has 0 aliphatic heterocycles. The van der Waals surface area contributed by atoms with Gasteiger partial charge in [-0.3, -0.25) is 0 Å². The number of rotatable bonds is 0. The Morgan fingerprint density at radius 1 is 1.11 bits per heavy atom. The predicted molar refractivity (Wildman–Crippen MR) is 33.6 cm³/mol. The molecule has 0 bridgehead atoms. The van der Waals surface area contributed by atoms with Crippen LogP contribution in [0.25, 0.3) is 0 Å². The Morgan fingerprint density at radius 2 is 1.56 bits per heavy atom. The van der Waals surface area contributed by atoms with Crippen molar-refractivity contribution in [2.24, 2.45) is 5.92 Å². The van der Waals surface area contributed by atoms with Crippen LogP contribution in [0, 0.1) is 37.0 Å². The molecule has 0 spiro atoms. The van der Waals surface area contributed by atoms with Crippen molar-refractivity contribution in [2.75, 3.05) is 0 Å². The smallest absolute Gasteiger partial charge is 0.0540 e. The molecule has 0 amide bonds. The summed E-state index contributed by atoms with van der Waals surface area (Å²) in [6.45, 7) is 2.26. The van der Waals surface area contributed by atoms with Crippen molar-refractivity contribution in [3.05, 3.63) is 0 Å². The van der Waals surface area contributed by atoms with Crippen LogP contribution in [0.1, 0.15) is 32.6 Å². The molecular weight excluding hydrogens is 338 g/mol. The first-order valence-corrected chi connectivity index (χ1v) is 3.47. The van der Waals surface area contributed by atoms with Gasteiger partial charge in [0.2, 0.25) is 0 Å². The SMILES string of the molecule is CC1CCC(O)CC1.[U]. The molecule has 2 heteroatoms. The van der Waals surface area contributed by atoms with Crippen molar-refractivity contribution in [3.8, 4) is 0 Å². The largest absolute Gasteiger partial charge is 0.393 e. The molecule has 1 fully saturated rings. The van der Waals surface area contributed by atoms with E-state index in [9.17, 15) is 0 Å². The van der Waals surface area contributed by atoms with Crippen LogP contribution in [0.15, 0.2) is 0 Å². The van der Waals surface area contributed by atoms with Gasteiger partial charge in [-0.25, -0.2) is 0 Å². The number of hydrogen-bond acceptors (Lipinski definition) is 1. The first-order chi connectivity index (χ1) is 3.79. The zero-order valence-electron chi connectivity index (χ0n) is 5.93. The zero-order valence-corrected chi connectivity index (χ0v) is 10.1. The summed E-state index contributed by atoms with van der Waals surface area (Å²) in [6.07, 6.45) is 4.52. The maximum absolute atomic E-state index is 9.03. The van der Waals surface area contributed by atoms with Gasteiger partial charge in [-0.2, -0.15) is 0 Å². The summed E-state index contributed by atoms with van der Waals surface area (Å²) in [6, 6.07) is 0.